The number of hydrogen-bond donors (Lipinski definition) is 0. The van der Waals surface area contributed by atoms with Crippen molar-refractivity contribution in [3.05, 3.63) is 71.3 Å². The predicted molar refractivity (Wildman–Crippen MR) is 119 cm³/mol. The Hall–Kier alpha value is -2.96. The number of aromatic nitrogens is 4. The SMILES string of the molecule is Cc1nc2c(N3CCOCC3)ncnc2n1Cc1ccc(-c2cccc(Cl)c2)cc1. The van der Waals surface area contributed by atoms with Gasteiger partial charge < -0.3 is 14.2 Å². The lowest BCUT2D eigenvalue weighted by atomic mass is 10.0. The number of rotatable bonds is 4. The van der Waals surface area contributed by atoms with Crippen molar-refractivity contribution < 1.29 is 4.74 Å². The lowest BCUT2D eigenvalue weighted by Crippen LogP contribution is -2.36. The van der Waals surface area contributed by atoms with Crippen LogP contribution in [0.15, 0.2) is 54.9 Å². The summed E-state index contributed by atoms with van der Waals surface area (Å²) in [6.07, 6.45) is 1.63. The molecule has 0 spiro atoms. The maximum atomic E-state index is 6.13. The number of nitrogens with zero attached hydrogens (tertiary/aromatic N) is 5. The van der Waals surface area contributed by atoms with Gasteiger partial charge >= 0.3 is 0 Å². The summed E-state index contributed by atoms with van der Waals surface area (Å²) in [4.78, 5) is 16.1. The predicted octanol–water partition coefficient (Wildman–Crippen LogP) is 4.34. The van der Waals surface area contributed by atoms with Crippen LogP contribution in [0.2, 0.25) is 5.02 Å². The van der Waals surface area contributed by atoms with E-state index in [-0.39, 0.29) is 0 Å². The summed E-state index contributed by atoms with van der Waals surface area (Å²) in [6.45, 7) is 5.79. The van der Waals surface area contributed by atoms with Crippen molar-refractivity contribution in [2.24, 2.45) is 0 Å². The van der Waals surface area contributed by atoms with E-state index < -0.39 is 0 Å². The van der Waals surface area contributed by atoms with Crippen molar-refractivity contribution in [2.75, 3.05) is 31.2 Å². The Morgan fingerprint density at radius 2 is 1.80 bits per heavy atom. The van der Waals surface area contributed by atoms with Gasteiger partial charge in [0.1, 0.15) is 12.2 Å². The zero-order valence-electron chi connectivity index (χ0n) is 16.8. The summed E-state index contributed by atoms with van der Waals surface area (Å²) < 4.78 is 7.62. The summed E-state index contributed by atoms with van der Waals surface area (Å²) in [5.74, 6) is 1.82. The largest absolute Gasteiger partial charge is 0.378 e. The molecule has 1 aliphatic rings. The zero-order chi connectivity index (χ0) is 20.5. The normalized spacial score (nSPS) is 14.4. The molecule has 1 saturated heterocycles. The van der Waals surface area contributed by atoms with Gasteiger partial charge in [-0.2, -0.15) is 0 Å². The van der Waals surface area contributed by atoms with Crippen LogP contribution in [-0.4, -0.2) is 45.8 Å². The number of benzene rings is 2. The molecule has 0 N–H and O–H groups in total. The molecule has 30 heavy (non-hydrogen) atoms. The first-order valence-electron chi connectivity index (χ1n) is 10.0. The molecule has 2 aromatic carbocycles. The van der Waals surface area contributed by atoms with E-state index in [1.54, 1.807) is 6.33 Å². The van der Waals surface area contributed by atoms with Crippen molar-refractivity contribution >= 4 is 28.6 Å². The molecular formula is C23H22ClN5O. The molecule has 5 rings (SSSR count). The highest BCUT2D eigenvalue weighted by Gasteiger charge is 2.20. The van der Waals surface area contributed by atoms with Crippen LogP contribution in [0, 0.1) is 6.92 Å². The van der Waals surface area contributed by atoms with Crippen molar-refractivity contribution in [2.45, 2.75) is 13.5 Å². The maximum absolute atomic E-state index is 6.13. The van der Waals surface area contributed by atoms with E-state index >= 15 is 0 Å². The fraction of sp³-hybridized carbons (Fsp3) is 0.261. The van der Waals surface area contributed by atoms with Gasteiger partial charge in [-0.25, -0.2) is 15.0 Å². The molecule has 0 amide bonds. The fourth-order valence-corrected chi connectivity index (χ4v) is 4.07. The minimum Gasteiger partial charge on any atom is -0.378 e. The molecule has 0 atom stereocenters. The van der Waals surface area contributed by atoms with Crippen LogP contribution >= 0.6 is 11.6 Å². The zero-order valence-corrected chi connectivity index (χ0v) is 17.5. The first-order valence-corrected chi connectivity index (χ1v) is 10.4. The molecule has 0 aliphatic carbocycles. The topological polar surface area (TPSA) is 56.1 Å². The summed E-state index contributed by atoms with van der Waals surface area (Å²) in [6, 6.07) is 16.5. The van der Waals surface area contributed by atoms with E-state index in [0.29, 0.717) is 19.8 Å². The standard InChI is InChI=1S/C23H22ClN5O/c1-16-27-21-22(28-9-11-30-12-10-28)25-15-26-23(21)29(16)14-17-5-7-18(8-6-17)19-3-2-4-20(24)13-19/h2-8,13,15H,9-12,14H2,1H3. The van der Waals surface area contributed by atoms with Crippen LogP contribution < -0.4 is 4.90 Å². The molecule has 0 bridgehead atoms. The van der Waals surface area contributed by atoms with E-state index in [2.05, 4.69) is 49.8 Å². The Balaban J connectivity index is 1.45. The Bertz CT molecular complexity index is 1180. The fourth-order valence-electron chi connectivity index (χ4n) is 3.88. The summed E-state index contributed by atoms with van der Waals surface area (Å²) in [7, 11) is 0. The monoisotopic (exact) mass is 419 g/mol. The number of hydrogen-bond acceptors (Lipinski definition) is 5. The highest BCUT2D eigenvalue weighted by atomic mass is 35.5. The average molecular weight is 420 g/mol. The highest BCUT2D eigenvalue weighted by molar-refractivity contribution is 6.30. The maximum Gasteiger partial charge on any atom is 0.165 e. The van der Waals surface area contributed by atoms with Crippen LogP contribution in [0.3, 0.4) is 0 Å². The van der Waals surface area contributed by atoms with E-state index in [9.17, 15) is 0 Å². The second-order valence-electron chi connectivity index (χ2n) is 7.42. The molecule has 6 nitrogen and oxygen atoms in total. The van der Waals surface area contributed by atoms with Crippen LogP contribution in [0.4, 0.5) is 5.82 Å². The average Bonchev–Trinajstić information content (AvgIpc) is 3.10. The van der Waals surface area contributed by atoms with Crippen molar-refractivity contribution in [3.8, 4) is 11.1 Å². The van der Waals surface area contributed by atoms with Crippen molar-refractivity contribution in [1.29, 1.82) is 0 Å². The highest BCUT2D eigenvalue weighted by Crippen LogP contribution is 2.26. The molecule has 7 heteroatoms. The van der Waals surface area contributed by atoms with Crippen LogP contribution in [-0.2, 0) is 11.3 Å². The number of imidazole rings is 1. The third kappa shape index (κ3) is 3.64. The van der Waals surface area contributed by atoms with Gasteiger partial charge in [-0.05, 0) is 35.7 Å². The van der Waals surface area contributed by atoms with Gasteiger partial charge in [0.05, 0.1) is 19.8 Å². The van der Waals surface area contributed by atoms with E-state index in [4.69, 9.17) is 21.3 Å². The minimum absolute atomic E-state index is 0.706. The van der Waals surface area contributed by atoms with E-state index in [1.807, 2.05) is 25.1 Å². The Morgan fingerprint density at radius 1 is 1.00 bits per heavy atom. The summed E-state index contributed by atoms with van der Waals surface area (Å²) in [5.41, 5.74) is 5.16. The molecule has 4 aromatic rings. The van der Waals surface area contributed by atoms with E-state index in [1.165, 1.54) is 5.56 Å². The van der Waals surface area contributed by atoms with Gasteiger partial charge in [0.15, 0.2) is 17.0 Å². The number of fused-ring (bicyclic) bond motifs is 1. The lowest BCUT2D eigenvalue weighted by Gasteiger charge is -2.27. The van der Waals surface area contributed by atoms with Crippen LogP contribution in [0.5, 0.6) is 0 Å². The second kappa shape index (κ2) is 8.05. The molecule has 2 aromatic heterocycles. The molecule has 152 valence electrons. The minimum atomic E-state index is 0.706. The second-order valence-corrected chi connectivity index (χ2v) is 7.86. The number of ether oxygens (including phenoxy) is 1. The van der Waals surface area contributed by atoms with Crippen molar-refractivity contribution in [3.63, 3.8) is 0 Å². The number of halogens is 1. The van der Waals surface area contributed by atoms with Crippen LogP contribution in [0.1, 0.15) is 11.4 Å². The molecule has 3 heterocycles. The summed E-state index contributed by atoms with van der Waals surface area (Å²) >= 11 is 6.13. The Kier molecular flexibility index (Phi) is 5.11. The molecule has 1 aliphatic heterocycles. The molecule has 0 saturated carbocycles. The molecule has 1 fully saturated rings. The molecule has 0 unspecified atom stereocenters. The van der Waals surface area contributed by atoms with Crippen LogP contribution in [0.25, 0.3) is 22.3 Å². The first-order chi connectivity index (χ1) is 14.7. The van der Waals surface area contributed by atoms with Gasteiger partial charge in [-0.1, -0.05) is 48.0 Å². The quantitative estimate of drug-likeness (QED) is 0.492. The van der Waals surface area contributed by atoms with E-state index in [0.717, 1.165) is 52.0 Å². The van der Waals surface area contributed by atoms with Gasteiger partial charge in [0, 0.05) is 18.1 Å². The third-order valence-corrected chi connectivity index (χ3v) is 5.70. The number of morpholine rings is 1. The van der Waals surface area contributed by atoms with Gasteiger partial charge in [-0.3, -0.25) is 0 Å². The number of aryl methyl sites for hydroxylation is 1. The van der Waals surface area contributed by atoms with Gasteiger partial charge in [0.25, 0.3) is 0 Å². The smallest absolute Gasteiger partial charge is 0.165 e. The van der Waals surface area contributed by atoms with Crippen molar-refractivity contribution in [1.82, 2.24) is 19.5 Å². The third-order valence-electron chi connectivity index (χ3n) is 5.47. The molecular weight excluding hydrogens is 398 g/mol. The Morgan fingerprint density at radius 3 is 2.57 bits per heavy atom. The van der Waals surface area contributed by atoms with Gasteiger partial charge in [0.2, 0.25) is 0 Å². The number of anilines is 1. The molecule has 0 radical (unpaired) electrons. The Labute approximate surface area is 180 Å². The lowest BCUT2D eigenvalue weighted by molar-refractivity contribution is 0.122. The van der Waals surface area contributed by atoms with Gasteiger partial charge in [-0.15, -0.1) is 0 Å². The first kappa shape index (κ1) is 19.0. The summed E-state index contributed by atoms with van der Waals surface area (Å²) in [5, 5.41) is 0.743.